The molecular formula is C24H23BrOS. The Morgan fingerprint density at radius 3 is 2.22 bits per heavy atom. The zero-order chi connectivity index (χ0) is 19.1. The van der Waals surface area contributed by atoms with Crippen LogP contribution in [0.2, 0.25) is 0 Å². The molecule has 0 amide bonds. The number of aryl methyl sites for hydroxylation is 1. The fraction of sp³-hybridized carbons (Fsp3) is 0.167. The lowest BCUT2D eigenvalue weighted by atomic mass is 10.1. The Morgan fingerprint density at radius 1 is 0.926 bits per heavy atom. The molecule has 0 saturated carbocycles. The first-order valence-corrected chi connectivity index (χ1v) is 10.7. The highest BCUT2D eigenvalue weighted by Crippen LogP contribution is 2.37. The summed E-state index contributed by atoms with van der Waals surface area (Å²) in [5.74, 6) is 0.910. The highest BCUT2D eigenvalue weighted by molar-refractivity contribution is 9.10. The Kier molecular flexibility index (Phi) is 7.19. The van der Waals surface area contributed by atoms with E-state index in [1.165, 1.54) is 21.6 Å². The minimum atomic E-state index is 0.243. The van der Waals surface area contributed by atoms with Gasteiger partial charge in [-0.2, -0.15) is 0 Å². The monoisotopic (exact) mass is 438 g/mol. The van der Waals surface area contributed by atoms with Crippen LogP contribution in [0.25, 0.3) is 6.08 Å². The number of rotatable bonds is 7. The molecule has 1 atom stereocenters. The quantitative estimate of drug-likeness (QED) is 0.349. The minimum Gasteiger partial charge on any atom is -0.494 e. The van der Waals surface area contributed by atoms with Gasteiger partial charge in [-0.1, -0.05) is 70.0 Å². The molecule has 3 heteroatoms. The number of ether oxygens (including phenoxy) is 1. The highest BCUT2D eigenvalue weighted by Gasteiger charge is 2.10. The molecule has 0 bridgehead atoms. The van der Waals surface area contributed by atoms with Gasteiger partial charge < -0.3 is 4.74 Å². The molecule has 0 heterocycles. The van der Waals surface area contributed by atoms with Gasteiger partial charge in [-0.15, -0.1) is 11.8 Å². The van der Waals surface area contributed by atoms with Gasteiger partial charge in [0.2, 0.25) is 0 Å². The second-order valence-electron chi connectivity index (χ2n) is 6.26. The van der Waals surface area contributed by atoms with Crippen molar-refractivity contribution in [3.63, 3.8) is 0 Å². The molecular weight excluding hydrogens is 416 g/mol. The summed E-state index contributed by atoms with van der Waals surface area (Å²) in [6, 6.07) is 25.5. The molecule has 0 aliphatic rings. The van der Waals surface area contributed by atoms with Gasteiger partial charge in [-0.05, 0) is 61.4 Å². The zero-order valence-electron chi connectivity index (χ0n) is 15.6. The van der Waals surface area contributed by atoms with Gasteiger partial charge in [-0.3, -0.25) is 0 Å². The van der Waals surface area contributed by atoms with Gasteiger partial charge in [0.15, 0.2) is 0 Å². The fourth-order valence-corrected chi connectivity index (χ4v) is 3.98. The lowest BCUT2D eigenvalue weighted by Crippen LogP contribution is -1.91. The lowest BCUT2D eigenvalue weighted by molar-refractivity contribution is 0.340. The van der Waals surface area contributed by atoms with E-state index in [1.807, 2.05) is 30.8 Å². The van der Waals surface area contributed by atoms with Gasteiger partial charge in [0.25, 0.3) is 0 Å². The first-order chi connectivity index (χ1) is 13.1. The molecule has 0 spiro atoms. The van der Waals surface area contributed by atoms with E-state index in [0.29, 0.717) is 6.61 Å². The van der Waals surface area contributed by atoms with Crippen LogP contribution in [0, 0.1) is 6.92 Å². The van der Waals surface area contributed by atoms with Crippen molar-refractivity contribution in [2.45, 2.75) is 24.0 Å². The van der Waals surface area contributed by atoms with E-state index in [2.05, 4.69) is 95.7 Å². The molecule has 1 nitrogen and oxygen atoms in total. The van der Waals surface area contributed by atoms with E-state index in [4.69, 9.17) is 4.74 Å². The number of hydrogen-bond donors (Lipinski definition) is 0. The van der Waals surface area contributed by atoms with Crippen LogP contribution in [0.15, 0.2) is 88.2 Å². The van der Waals surface area contributed by atoms with Gasteiger partial charge in [0.05, 0.1) is 11.9 Å². The first kappa shape index (κ1) is 19.8. The second kappa shape index (κ2) is 9.82. The first-order valence-electron chi connectivity index (χ1n) is 9.04. The molecule has 0 aliphatic heterocycles. The van der Waals surface area contributed by atoms with E-state index >= 15 is 0 Å². The Hall–Kier alpha value is -1.97. The predicted octanol–water partition coefficient (Wildman–Crippen LogP) is 7.70. The maximum absolute atomic E-state index is 5.52. The number of hydrogen-bond acceptors (Lipinski definition) is 2. The van der Waals surface area contributed by atoms with Crippen molar-refractivity contribution in [3.8, 4) is 5.75 Å². The summed E-state index contributed by atoms with van der Waals surface area (Å²) >= 11 is 5.39. The number of halogens is 1. The van der Waals surface area contributed by atoms with E-state index in [1.54, 1.807) is 0 Å². The normalized spacial score (nSPS) is 12.3. The molecule has 0 fully saturated rings. The zero-order valence-corrected chi connectivity index (χ0v) is 18.0. The van der Waals surface area contributed by atoms with Gasteiger partial charge >= 0.3 is 0 Å². The maximum atomic E-state index is 5.52. The van der Waals surface area contributed by atoms with Crippen LogP contribution in [-0.2, 0) is 0 Å². The topological polar surface area (TPSA) is 9.23 Å². The Morgan fingerprint density at radius 2 is 1.59 bits per heavy atom. The van der Waals surface area contributed by atoms with Gasteiger partial charge in [-0.25, -0.2) is 0 Å². The third-order valence-electron chi connectivity index (χ3n) is 4.14. The van der Waals surface area contributed by atoms with Crippen molar-refractivity contribution in [2.75, 3.05) is 6.61 Å². The highest BCUT2D eigenvalue weighted by atomic mass is 79.9. The number of benzene rings is 3. The summed E-state index contributed by atoms with van der Waals surface area (Å²) in [5.41, 5.74) is 3.74. The molecule has 0 aliphatic carbocycles. The van der Waals surface area contributed by atoms with Crippen LogP contribution in [0.5, 0.6) is 5.75 Å². The molecule has 0 aromatic heterocycles. The van der Waals surface area contributed by atoms with Gasteiger partial charge in [0, 0.05) is 9.37 Å². The van der Waals surface area contributed by atoms with Crippen LogP contribution < -0.4 is 4.74 Å². The standard InChI is InChI=1S/C24H23BrOS/c1-3-26-22-13-6-19(7-14-22)8-17-24(20-9-11-21(25)12-10-20)27-23-15-4-18(2)5-16-23/h4-17,24H,3H2,1-2H3/b17-8+. The molecule has 0 saturated heterocycles. The van der Waals surface area contributed by atoms with Crippen molar-refractivity contribution < 1.29 is 4.74 Å². The fourth-order valence-electron chi connectivity index (χ4n) is 2.67. The van der Waals surface area contributed by atoms with Crippen molar-refractivity contribution in [1.29, 1.82) is 0 Å². The summed E-state index contributed by atoms with van der Waals surface area (Å²) in [4.78, 5) is 1.27. The summed E-state index contributed by atoms with van der Waals surface area (Å²) in [7, 11) is 0. The molecule has 27 heavy (non-hydrogen) atoms. The van der Waals surface area contributed by atoms with E-state index in [-0.39, 0.29) is 5.25 Å². The van der Waals surface area contributed by atoms with Crippen molar-refractivity contribution in [2.24, 2.45) is 0 Å². The third kappa shape index (κ3) is 6.02. The van der Waals surface area contributed by atoms with E-state index < -0.39 is 0 Å². The SMILES string of the molecule is CCOc1ccc(/C=C/C(Sc2ccc(C)cc2)c2ccc(Br)cc2)cc1. The maximum Gasteiger partial charge on any atom is 0.119 e. The van der Waals surface area contributed by atoms with Crippen molar-refractivity contribution in [1.82, 2.24) is 0 Å². The largest absolute Gasteiger partial charge is 0.494 e. The van der Waals surface area contributed by atoms with Crippen LogP contribution >= 0.6 is 27.7 Å². The molecule has 3 aromatic carbocycles. The average Bonchev–Trinajstić information content (AvgIpc) is 2.69. The predicted molar refractivity (Wildman–Crippen MR) is 121 cm³/mol. The lowest BCUT2D eigenvalue weighted by Gasteiger charge is -2.14. The van der Waals surface area contributed by atoms with Crippen LogP contribution in [0.1, 0.15) is 28.9 Å². The molecule has 1 unspecified atom stereocenters. The summed E-state index contributed by atoms with van der Waals surface area (Å²) in [6.07, 6.45) is 4.45. The second-order valence-corrected chi connectivity index (χ2v) is 8.39. The third-order valence-corrected chi connectivity index (χ3v) is 5.89. The van der Waals surface area contributed by atoms with Crippen molar-refractivity contribution >= 4 is 33.8 Å². The molecule has 0 radical (unpaired) electrons. The molecule has 138 valence electrons. The van der Waals surface area contributed by atoms with Gasteiger partial charge in [0.1, 0.15) is 5.75 Å². The van der Waals surface area contributed by atoms with E-state index in [0.717, 1.165) is 10.2 Å². The van der Waals surface area contributed by atoms with Crippen molar-refractivity contribution in [3.05, 3.63) is 100 Å². The Balaban J connectivity index is 1.82. The van der Waals surface area contributed by atoms with Crippen LogP contribution in [0.3, 0.4) is 0 Å². The Labute approximate surface area is 174 Å². The summed E-state index contributed by atoms with van der Waals surface area (Å²) in [5, 5.41) is 0.243. The number of thioether (sulfide) groups is 1. The van der Waals surface area contributed by atoms with E-state index in [9.17, 15) is 0 Å². The summed E-state index contributed by atoms with van der Waals surface area (Å²) < 4.78 is 6.62. The minimum absolute atomic E-state index is 0.243. The Bertz CT molecular complexity index is 868. The summed E-state index contributed by atoms with van der Waals surface area (Å²) in [6.45, 7) is 4.80. The molecule has 3 rings (SSSR count). The van der Waals surface area contributed by atoms with Crippen LogP contribution in [-0.4, -0.2) is 6.61 Å². The van der Waals surface area contributed by atoms with Crippen LogP contribution in [0.4, 0.5) is 0 Å². The smallest absolute Gasteiger partial charge is 0.119 e. The molecule has 0 N–H and O–H groups in total. The average molecular weight is 439 g/mol. The molecule has 3 aromatic rings.